The van der Waals surface area contributed by atoms with Crippen LogP contribution in [0, 0.1) is 5.92 Å². The van der Waals surface area contributed by atoms with E-state index in [1.54, 1.807) is 4.68 Å². The lowest BCUT2D eigenvalue weighted by Crippen LogP contribution is -2.36. The highest BCUT2D eigenvalue weighted by molar-refractivity contribution is 7.90. The zero-order valence-electron chi connectivity index (χ0n) is 18.5. The van der Waals surface area contributed by atoms with Gasteiger partial charge in [0.05, 0.1) is 19.3 Å². The molecule has 0 saturated heterocycles. The fourth-order valence-corrected chi connectivity index (χ4v) is 6.21. The van der Waals surface area contributed by atoms with Crippen LogP contribution in [0.4, 0.5) is 10.5 Å². The first-order chi connectivity index (χ1) is 15.3. The van der Waals surface area contributed by atoms with E-state index in [4.69, 9.17) is 4.74 Å². The van der Waals surface area contributed by atoms with E-state index in [0.29, 0.717) is 13.2 Å². The molecule has 2 amide bonds. The summed E-state index contributed by atoms with van der Waals surface area (Å²) in [6, 6.07) is 1.52. The molecule has 172 valence electrons. The molecule has 0 spiro atoms. The maximum Gasteiger partial charge on any atom is 0.333 e. The zero-order chi connectivity index (χ0) is 22.5. The Labute approximate surface area is 188 Å². The average molecular weight is 460 g/mol. The molecule has 1 aromatic carbocycles. The van der Waals surface area contributed by atoms with Crippen molar-refractivity contribution >= 4 is 21.7 Å². The fourth-order valence-electron chi connectivity index (χ4n) is 5.22. The molecule has 2 heterocycles. The molecule has 0 saturated carbocycles. The smallest absolute Gasteiger partial charge is 0.333 e. The van der Waals surface area contributed by atoms with Crippen LogP contribution in [0.1, 0.15) is 35.1 Å². The van der Waals surface area contributed by atoms with Gasteiger partial charge in [0.25, 0.3) is 10.0 Å². The van der Waals surface area contributed by atoms with Gasteiger partial charge in [0.15, 0.2) is 4.90 Å². The minimum Gasteiger partial charge on any atom is -0.476 e. The largest absolute Gasteiger partial charge is 0.476 e. The van der Waals surface area contributed by atoms with Crippen LogP contribution in [-0.2, 0) is 42.3 Å². The number of hydrogen-bond acceptors (Lipinski definition) is 6. The lowest BCUT2D eigenvalue weighted by atomic mass is 9.99. The Hall–Kier alpha value is -2.59. The first-order valence-corrected chi connectivity index (χ1v) is 12.6. The monoisotopic (exact) mass is 459 g/mol. The number of urea groups is 1. The topological polar surface area (TPSA) is 106 Å². The molecule has 0 bridgehead atoms. The van der Waals surface area contributed by atoms with E-state index in [1.165, 1.54) is 17.3 Å². The second-order valence-corrected chi connectivity index (χ2v) is 10.9. The molecular formula is C22H29N5O4S. The molecule has 3 aliphatic rings. The standard InChI is InChI=1S/C22H29N5O4S/c1-26(2)11-14-12-27-21(31-13-14)19(10-23-27)32(29,30)25-22(28)24-20-17-7-3-5-15(17)9-16-6-4-8-18(16)20/h9-10,14H,3-8,11-13H2,1-2H3,(H2,24,25,28). The quantitative estimate of drug-likeness (QED) is 0.708. The lowest BCUT2D eigenvalue weighted by Gasteiger charge is -2.26. The summed E-state index contributed by atoms with van der Waals surface area (Å²) < 4.78 is 35.4. The summed E-state index contributed by atoms with van der Waals surface area (Å²) in [5, 5.41) is 7.06. The average Bonchev–Trinajstić information content (AvgIpc) is 3.45. The Balaban J connectivity index is 1.34. The summed E-state index contributed by atoms with van der Waals surface area (Å²) in [5.41, 5.74) is 5.65. The van der Waals surface area contributed by atoms with Crippen LogP contribution in [0.5, 0.6) is 5.88 Å². The molecule has 2 aromatic rings. The van der Waals surface area contributed by atoms with Crippen molar-refractivity contribution < 1.29 is 17.9 Å². The maximum absolute atomic E-state index is 13.0. The minimum atomic E-state index is -4.13. The number of ether oxygens (including phenoxy) is 1. The number of sulfonamides is 1. The highest BCUT2D eigenvalue weighted by Gasteiger charge is 2.32. The molecule has 10 heteroatoms. The molecule has 1 atom stereocenters. The van der Waals surface area contributed by atoms with E-state index in [9.17, 15) is 13.2 Å². The summed E-state index contributed by atoms with van der Waals surface area (Å²) in [6.07, 6.45) is 7.19. The molecule has 2 aliphatic carbocycles. The van der Waals surface area contributed by atoms with Gasteiger partial charge in [0, 0.05) is 18.2 Å². The van der Waals surface area contributed by atoms with Gasteiger partial charge in [-0.25, -0.2) is 22.6 Å². The highest BCUT2D eigenvalue weighted by Crippen LogP contribution is 2.38. The van der Waals surface area contributed by atoms with Gasteiger partial charge in [-0.3, -0.25) is 0 Å². The predicted molar refractivity (Wildman–Crippen MR) is 120 cm³/mol. The van der Waals surface area contributed by atoms with Crippen molar-refractivity contribution in [3.63, 3.8) is 0 Å². The summed E-state index contributed by atoms with van der Waals surface area (Å²) in [4.78, 5) is 14.7. The fraction of sp³-hybridized carbons (Fsp3) is 0.545. The molecule has 1 aromatic heterocycles. The number of fused-ring (bicyclic) bond motifs is 3. The Bertz CT molecular complexity index is 1140. The third kappa shape index (κ3) is 3.86. The normalized spacial score (nSPS) is 19.3. The number of carbonyl (C=O) groups is 1. The molecule has 2 N–H and O–H groups in total. The summed E-state index contributed by atoms with van der Waals surface area (Å²) in [7, 11) is -0.166. The van der Waals surface area contributed by atoms with Gasteiger partial charge < -0.3 is 15.0 Å². The third-order valence-electron chi connectivity index (χ3n) is 6.50. The number of nitrogens with one attached hydrogen (secondary N) is 2. The molecule has 9 nitrogen and oxygen atoms in total. The summed E-state index contributed by atoms with van der Waals surface area (Å²) in [5.74, 6) is 0.397. The van der Waals surface area contributed by atoms with E-state index in [0.717, 1.165) is 61.9 Å². The summed E-state index contributed by atoms with van der Waals surface area (Å²) >= 11 is 0. The van der Waals surface area contributed by atoms with Crippen molar-refractivity contribution in [2.45, 2.75) is 50.0 Å². The maximum atomic E-state index is 13.0. The molecule has 1 aliphatic heterocycles. The van der Waals surface area contributed by atoms with Crippen LogP contribution in [0.25, 0.3) is 0 Å². The predicted octanol–water partition coefficient (Wildman–Crippen LogP) is 1.94. The van der Waals surface area contributed by atoms with E-state index < -0.39 is 16.1 Å². The molecule has 0 radical (unpaired) electrons. The minimum absolute atomic E-state index is 0.112. The van der Waals surface area contributed by atoms with E-state index in [1.807, 2.05) is 14.1 Å². The third-order valence-corrected chi connectivity index (χ3v) is 7.81. The first-order valence-electron chi connectivity index (χ1n) is 11.2. The second-order valence-electron chi connectivity index (χ2n) is 9.23. The van der Waals surface area contributed by atoms with Crippen LogP contribution in [-0.4, -0.2) is 56.4 Å². The van der Waals surface area contributed by atoms with Gasteiger partial charge in [-0.1, -0.05) is 6.07 Å². The molecule has 1 unspecified atom stereocenters. The number of amides is 2. The zero-order valence-corrected chi connectivity index (χ0v) is 19.3. The van der Waals surface area contributed by atoms with Crippen molar-refractivity contribution in [3.05, 3.63) is 34.5 Å². The van der Waals surface area contributed by atoms with Gasteiger partial charge in [0.1, 0.15) is 0 Å². The van der Waals surface area contributed by atoms with Gasteiger partial charge in [-0.15, -0.1) is 0 Å². The number of aromatic nitrogens is 2. The number of anilines is 1. The van der Waals surface area contributed by atoms with Crippen molar-refractivity contribution in [1.82, 2.24) is 19.4 Å². The number of carbonyl (C=O) groups excluding carboxylic acids is 1. The molecule has 5 rings (SSSR count). The Morgan fingerprint density at radius 2 is 1.88 bits per heavy atom. The summed E-state index contributed by atoms with van der Waals surface area (Å²) in [6.45, 7) is 1.78. The van der Waals surface area contributed by atoms with E-state index in [-0.39, 0.29) is 16.7 Å². The van der Waals surface area contributed by atoms with Gasteiger partial charge in [-0.05, 0) is 74.9 Å². The highest BCUT2D eigenvalue weighted by atomic mass is 32.2. The van der Waals surface area contributed by atoms with E-state index >= 15 is 0 Å². The van der Waals surface area contributed by atoms with Crippen LogP contribution >= 0.6 is 0 Å². The van der Waals surface area contributed by atoms with Crippen molar-refractivity contribution in [2.24, 2.45) is 5.92 Å². The van der Waals surface area contributed by atoms with Crippen molar-refractivity contribution in [2.75, 3.05) is 32.6 Å². The molecular weight excluding hydrogens is 430 g/mol. The Morgan fingerprint density at radius 3 is 2.53 bits per heavy atom. The number of benzene rings is 1. The van der Waals surface area contributed by atoms with Crippen molar-refractivity contribution in [3.8, 4) is 5.88 Å². The van der Waals surface area contributed by atoms with Crippen LogP contribution < -0.4 is 14.8 Å². The number of hydrogen-bond donors (Lipinski definition) is 2. The first kappa shape index (κ1) is 21.3. The Morgan fingerprint density at radius 1 is 1.19 bits per heavy atom. The molecule has 32 heavy (non-hydrogen) atoms. The SMILES string of the molecule is CN(C)CC1COc2c(S(=O)(=O)NC(=O)Nc3c4c(cc5c3CCC5)CCC4)cnn2C1. The van der Waals surface area contributed by atoms with Gasteiger partial charge >= 0.3 is 6.03 Å². The van der Waals surface area contributed by atoms with Gasteiger partial charge in [-0.2, -0.15) is 5.10 Å². The number of aryl methyl sites for hydroxylation is 2. The second kappa shape index (κ2) is 8.08. The number of rotatable bonds is 5. The molecule has 0 fully saturated rings. The van der Waals surface area contributed by atoms with Gasteiger partial charge in [0.2, 0.25) is 5.88 Å². The van der Waals surface area contributed by atoms with Crippen LogP contribution in [0.15, 0.2) is 17.2 Å². The number of nitrogens with zero attached hydrogens (tertiary/aromatic N) is 3. The Kier molecular flexibility index (Phi) is 5.37. The van der Waals surface area contributed by atoms with E-state index in [2.05, 4.69) is 26.1 Å². The van der Waals surface area contributed by atoms with Crippen molar-refractivity contribution in [1.29, 1.82) is 0 Å². The van der Waals surface area contributed by atoms with Crippen LogP contribution in [0.2, 0.25) is 0 Å². The van der Waals surface area contributed by atoms with Crippen LogP contribution in [0.3, 0.4) is 0 Å². The lowest BCUT2D eigenvalue weighted by molar-refractivity contribution is 0.136.